The molecule has 0 aromatic carbocycles. The first-order valence-electron chi connectivity index (χ1n) is 31.9. The molecular weight excluding hydrogens is 976 g/mol. The van der Waals surface area contributed by atoms with Gasteiger partial charge in [-0.3, -0.25) is 14.2 Å². The van der Waals surface area contributed by atoms with Crippen molar-refractivity contribution in [1.29, 1.82) is 0 Å². The molecule has 0 saturated carbocycles. The summed E-state index contributed by atoms with van der Waals surface area (Å²) in [6, 6.07) is -0.898. The number of nitrogens with one attached hydrogen (secondary N) is 1. The number of nitrogens with zero attached hydrogens (tertiary/aromatic N) is 1. The van der Waals surface area contributed by atoms with Crippen molar-refractivity contribution in [2.45, 2.75) is 290 Å². The number of quaternary nitrogens is 1. The lowest BCUT2D eigenvalue weighted by Crippen LogP contribution is -2.47. The van der Waals surface area contributed by atoms with Gasteiger partial charge in [0.1, 0.15) is 19.3 Å². The Balaban J connectivity index is 5.15. The van der Waals surface area contributed by atoms with E-state index in [4.69, 9.17) is 13.8 Å². The third kappa shape index (κ3) is 57.7. The number of likely N-dealkylation sites (N-methyl/N-ethyl adjacent to an activating group) is 1. The number of phosphoric acid groups is 1. The molecule has 0 heterocycles. The quantitative estimate of drug-likeness (QED) is 0.0212. The zero-order valence-corrected chi connectivity index (χ0v) is 51.8. The van der Waals surface area contributed by atoms with Crippen molar-refractivity contribution in [3.63, 3.8) is 0 Å². The third-order valence-electron chi connectivity index (χ3n) is 13.8. The van der Waals surface area contributed by atoms with Gasteiger partial charge in [-0.1, -0.05) is 247 Å². The molecule has 10 heteroatoms. The molecule has 0 fully saturated rings. The highest BCUT2D eigenvalue weighted by molar-refractivity contribution is 7.45. The molecule has 0 bridgehead atoms. The van der Waals surface area contributed by atoms with Crippen molar-refractivity contribution in [2.24, 2.45) is 0 Å². The molecular formula is C67H121N2O7P. The largest absolute Gasteiger partial charge is 0.756 e. The molecule has 3 atom stereocenters. The predicted octanol–water partition coefficient (Wildman–Crippen LogP) is 19.1. The number of hydrogen-bond donors (Lipinski definition) is 1. The zero-order valence-electron chi connectivity index (χ0n) is 50.9. The van der Waals surface area contributed by atoms with Crippen molar-refractivity contribution < 1.29 is 37.3 Å². The Morgan fingerprint density at radius 3 is 1.27 bits per heavy atom. The first kappa shape index (κ1) is 74.2. The van der Waals surface area contributed by atoms with Gasteiger partial charge in [-0.25, -0.2) is 0 Å². The van der Waals surface area contributed by atoms with Crippen LogP contribution < -0.4 is 10.2 Å². The van der Waals surface area contributed by atoms with Crippen molar-refractivity contribution >= 4 is 19.7 Å². The Morgan fingerprint density at radius 1 is 0.468 bits per heavy atom. The molecule has 0 rings (SSSR count). The van der Waals surface area contributed by atoms with Crippen molar-refractivity contribution in [1.82, 2.24) is 5.32 Å². The number of allylic oxidation sites excluding steroid dienone is 13. The van der Waals surface area contributed by atoms with E-state index in [0.29, 0.717) is 17.4 Å². The van der Waals surface area contributed by atoms with Crippen molar-refractivity contribution in [2.75, 3.05) is 40.9 Å². The van der Waals surface area contributed by atoms with E-state index in [0.717, 1.165) is 116 Å². The topological polar surface area (TPSA) is 114 Å². The number of carbonyl (C=O) groups excluding carboxylic acids is 2. The fourth-order valence-corrected chi connectivity index (χ4v) is 9.62. The number of esters is 1. The number of phosphoric ester groups is 1. The van der Waals surface area contributed by atoms with E-state index in [1.54, 1.807) is 0 Å². The molecule has 9 nitrogen and oxygen atoms in total. The molecule has 0 aliphatic rings. The average Bonchev–Trinajstić information content (AvgIpc) is 3.39. The van der Waals surface area contributed by atoms with Gasteiger partial charge < -0.3 is 28.5 Å². The number of rotatable bonds is 57. The molecule has 0 aliphatic heterocycles. The minimum absolute atomic E-state index is 0.0280. The number of hydrogen-bond acceptors (Lipinski definition) is 7. The summed E-state index contributed by atoms with van der Waals surface area (Å²) in [4.78, 5) is 40.0. The number of amides is 1. The van der Waals surface area contributed by atoms with Crippen molar-refractivity contribution in [3.05, 3.63) is 85.1 Å². The second-order valence-electron chi connectivity index (χ2n) is 22.5. The van der Waals surface area contributed by atoms with E-state index in [-0.39, 0.29) is 24.9 Å². The van der Waals surface area contributed by atoms with E-state index in [1.807, 2.05) is 33.3 Å². The lowest BCUT2D eigenvalue weighted by molar-refractivity contribution is -0.870. The lowest BCUT2D eigenvalue weighted by Gasteiger charge is -2.30. The summed E-state index contributed by atoms with van der Waals surface area (Å²) in [6.45, 7) is 6.70. The predicted molar refractivity (Wildman–Crippen MR) is 330 cm³/mol. The fraction of sp³-hybridized carbons (Fsp3) is 0.761. The highest BCUT2D eigenvalue weighted by Gasteiger charge is 2.27. The Kier molecular flexibility index (Phi) is 54.4. The van der Waals surface area contributed by atoms with E-state index < -0.39 is 26.6 Å². The Bertz CT molecular complexity index is 1590. The number of ether oxygens (including phenoxy) is 1. The van der Waals surface area contributed by atoms with Crippen LogP contribution in [0, 0.1) is 0 Å². The molecule has 0 spiro atoms. The van der Waals surface area contributed by atoms with Crippen LogP contribution in [-0.4, -0.2) is 69.4 Å². The molecule has 1 N–H and O–H groups in total. The molecule has 1 amide bonds. The minimum atomic E-state index is -4.71. The van der Waals surface area contributed by atoms with Gasteiger partial charge in [-0.15, -0.1) is 0 Å². The van der Waals surface area contributed by atoms with Gasteiger partial charge in [0, 0.05) is 12.8 Å². The molecule has 77 heavy (non-hydrogen) atoms. The number of carbonyl (C=O) groups is 2. The summed E-state index contributed by atoms with van der Waals surface area (Å²) in [6.07, 6.45) is 74.1. The van der Waals surface area contributed by atoms with Crippen LogP contribution in [0.4, 0.5) is 0 Å². The molecule has 446 valence electrons. The van der Waals surface area contributed by atoms with Crippen LogP contribution in [0.5, 0.6) is 0 Å². The lowest BCUT2D eigenvalue weighted by atomic mass is 10.0. The van der Waals surface area contributed by atoms with Crippen LogP contribution in [0.3, 0.4) is 0 Å². The van der Waals surface area contributed by atoms with Gasteiger partial charge in [0.15, 0.2) is 0 Å². The van der Waals surface area contributed by atoms with Gasteiger partial charge >= 0.3 is 5.97 Å². The minimum Gasteiger partial charge on any atom is -0.756 e. The van der Waals surface area contributed by atoms with Gasteiger partial charge in [0.2, 0.25) is 5.91 Å². The van der Waals surface area contributed by atoms with E-state index in [2.05, 4.69) is 99.0 Å². The van der Waals surface area contributed by atoms with Gasteiger partial charge in [0.25, 0.3) is 7.82 Å². The maximum absolute atomic E-state index is 13.5. The van der Waals surface area contributed by atoms with Gasteiger partial charge in [0.05, 0.1) is 33.8 Å². The molecule has 0 saturated heterocycles. The molecule has 0 aliphatic carbocycles. The molecule has 3 unspecified atom stereocenters. The van der Waals surface area contributed by atoms with Crippen LogP contribution in [0.25, 0.3) is 0 Å². The maximum atomic E-state index is 13.5. The average molecular weight is 1100 g/mol. The van der Waals surface area contributed by atoms with Gasteiger partial charge in [-0.05, 0) is 102 Å². The monoisotopic (exact) mass is 1100 g/mol. The summed E-state index contributed by atoms with van der Waals surface area (Å²) in [5.41, 5.74) is 0. The Morgan fingerprint density at radius 2 is 0.831 bits per heavy atom. The Hall–Kier alpha value is -2.81. The highest BCUT2D eigenvalue weighted by Crippen LogP contribution is 2.38. The maximum Gasteiger partial charge on any atom is 0.306 e. The second kappa shape index (κ2) is 56.5. The van der Waals surface area contributed by atoms with Crippen LogP contribution in [0.2, 0.25) is 0 Å². The standard InChI is InChI=1S/C67H121N2O7P/c1-7-10-13-16-19-22-25-28-30-31-32-33-34-35-36-37-38-39-40-41-44-47-50-53-56-59-66(70)68-64(63-75-77(72,73)74-62-61-69(4,5)6)65(58-55-52-49-46-43-27-24-21-18-15-12-9-3)76-67(71)60-57-54-51-48-45-42-29-26-23-20-17-14-11-8-2/h11,14,19-20,22-23,28,30,32-33,35-36,55,58,64-65H,7-10,12-13,15-18,21,24-27,29,31,34,37-54,56-57,59-63H2,1-6H3,(H-,68,70,72,73)/b14-11+,22-19-,23-20+,30-28-,33-32-,36-35-,58-55-. The summed E-state index contributed by atoms with van der Waals surface area (Å²) in [5.74, 6) is -0.557. The van der Waals surface area contributed by atoms with Crippen LogP contribution in [-0.2, 0) is 27.9 Å². The van der Waals surface area contributed by atoms with Crippen molar-refractivity contribution in [3.8, 4) is 0 Å². The summed E-state index contributed by atoms with van der Waals surface area (Å²) >= 11 is 0. The summed E-state index contributed by atoms with van der Waals surface area (Å²) in [5, 5.41) is 3.03. The first-order valence-corrected chi connectivity index (χ1v) is 33.4. The summed E-state index contributed by atoms with van der Waals surface area (Å²) < 4.78 is 30.3. The normalized spacial score (nSPS) is 14.2. The smallest absolute Gasteiger partial charge is 0.306 e. The Labute approximate surface area is 476 Å². The third-order valence-corrected chi connectivity index (χ3v) is 14.8. The van der Waals surface area contributed by atoms with E-state index >= 15 is 0 Å². The number of unbranched alkanes of at least 4 members (excludes halogenated alkanes) is 29. The molecule has 0 aromatic rings. The van der Waals surface area contributed by atoms with Crippen LogP contribution in [0.1, 0.15) is 278 Å². The molecule has 0 aromatic heterocycles. The zero-order chi connectivity index (χ0) is 56.4. The SMILES string of the molecule is CC/C=C/C/C=C/CCCCCCCCCC(=O)OC(/C=C\CCCCCCCCCCCC)C(COP(=O)([O-])OCC[N+](C)(C)C)NC(=O)CCCCCCCCCCC/C=C\C/C=C\C/C=C\C/C=C\CCCCC. The summed E-state index contributed by atoms with van der Waals surface area (Å²) in [7, 11) is 1.17. The second-order valence-corrected chi connectivity index (χ2v) is 23.9. The van der Waals surface area contributed by atoms with Crippen LogP contribution in [0.15, 0.2) is 85.1 Å². The molecule has 0 radical (unpaired) electrons. The first-order chi connectivity index (χ1) is 37.4. The highest BCUT2D eigenvalue weighted by atomic mass is 31.2. The van der Waals surface area contributed by atoms with E-state index in [1.165, 1.54) is 128 Å². The van der Waals surface area contributed by atoms with E-state index in [9.17, 15) is 19.0 Å². The van der Waals surface area contributed by atoms with Crippen LogP contribution >= 0.6 is 7.82 Å². The fourth-order valence-electron chi connectivity index (χ4n) is 8.90. The van der Waals surface area contributed by atoms with Gasteiger partial charge in [-0.2, -0.15) is 0 Å².